The van der Waals surface area contributed by atoms with Crippen molar-refractivity contribution in [2.75, 3.05) is 19.5 Å². The molecule has 0 spiro atoms. The molecule has 0 atom stereocenters. The Morgan fingerprint density at radius 1 is 1.12 bits per heavy atom. The SMILES string of the molecule is CCOc1ccc(C(=O)COC(=O)c2ccc(SC)c([N+](=O)[O-])c2)cc1. The number of esters is 1. The Hall–Kier alpha value is -2.87. The monoisotopic (exact) mass is 375 g/mol. The van der Waals surface area contributed by atoms with Crippen molar-refractivity contribution >= 4 is 29.2 Å². The molecule has 26 heavy (non-hydrogen) atoms. The van der Waals surface area contributed by atoms with E-state index in [0.717, 1.165) is 6.07 Å². The minimum absolute atomic E-state index is 0.0222. The summed E-state index contributed by atoms with van der Waals surface area (Å²) in [6, 6.07) is 10.5. The molecule has 2 aromatic carbocycles. The van der Waals surface area contributed by atoms with Gasteiger partial charge in [0.05, 0.1) is 22.0 Å². The zero-order valence-corrected chi connectivity index (χ0v) is 15.1. The Labute approximate surface area is 154 Å². The number of carbonyl (C=O) groups excluding carboxylic acids is 2. The van der Waals surface area contributed by atoms with E-state index in [0.29, 0.717) is 22.8 Å². The van der Waals surface area contributed by atoms with Gasteiger partial charge in [0.1, 0.15) is 5.75 Å². The lowest BCUT2D eigenvalue weighted by Gasteiger charge is -2.07. The van der Waals surface area contributed by atoms with Crippen LogP contribution in [-0.2, 0) is 4.74 Å². The van der Waals surface area contributed by atoms with Crippen LogP contribution in [0.25, 0.3) is 0 Å². The van der Waals surface area contributed by atoms with Crippen LogP contribution in [-0.4, -0.2) is 36.1 Å². The average Bonchev–Trinajstić information content (AvgIpc) is 2.66. The molecule has 2 aromatic rings. The molecule has 0 aliphatic rings. The summed E-state index contributed by atoms with van der Waals surface area (Å²) in [5.41, 5.74) is 0.226. The van der Waals surface area contributed by atoms with Gasteiger partial charge in [-0.3, -0.25) is 14.9 Å². The first-order valence-electron chi connectivity index (χ1n) is 7.72. The van der Waals surface area contributed by atoms with Gasteiger partial charge in [-0.1, -0.05) is 0 Å². The first kappa shape index (κ1) is 19.5. The number of hydrogen-bond donors (Lipinski definition) is 0. The van der Waals surface area contributed by atoms with Crippen LogP contribution in [0.4, 0.5) is 5.69 Å². The van der Waals surface area contributed by atoms with E-state index in [-0.39, 0.29) is 17.0 Å². The summed E-state index contributed by atoms with van der Waals surface area (Å²) in [6.07, 6.45) is 1.70. The molecule has 0 saturated carbocycles. The first-order valence-corrected chi connectivity index (χ1v) is 8.94. The second-order valence-corrected chi connectivity index (χ2v) is 5.95. The van der Waals surface area contributed by atoms with E-state index in [2.05, 4.69) is 0 Å². The highest BCUT2D eigenvalue weighted by molar-refractivity contribution is 7.98. The summed E-state index contributed by atoms with van der Waals surface area (Å²) < 4.78 is 10.3. The summed E-state index contributed by atoms with van der Waals surface area (Å²) in [7, 11) is 0. The van der Waals surface area contributed by atoms with Crippen LogP contribution in [0, 0.1) is 10.1 Å². The third-order valence-electron chi connectivity index (χ3n) is 3.43. The summed E-state index contributed by atoms with van der Waals surface area (Å²) in [5, 5.41) is 11.1. The van der Waals surface area contributed by atoms with Crippen molar-refractivity contribution in [3.8, 4) is 5.75 Å². The number of benzene rings is 2. The normalized spacial score (nSPS) is 10.2. The van der Waals surface area contributed by atoms with E-state index >= 15 is 0 Å². The van der Waals surface area contributed by atoms with Crippen LogP contribution in [0.15, 0.2) is 47.4 Å². The van der Waals surface area contributed by atoms with Gasteiger partial charge in [-0.2, -0.15) is 0 Å². The van der Waals surface area contributed by atoms with Crippen LogP contribution in [0.3, 0.4) is 0 Å². The molecule has 0 aliphatic carbocycles. The molecule has 0 aliphatic heterocycles. The van der Waals surface area contributed by atoms with Gasteiger partial charge in [-0.15, -0.1) is 11.8 Å². The van der Waals surface area contributed by atoms with E-state index in [9.17, 15) is 19.7 Å². The maximum Gasteiger partial charge on any atom is 0.338 e. The van der Waals surface area contributed by atoms with Crippen molar-refractivity contribution in [3.63, 3.8) is 0 Å². The zero-order chi connectivity index (χ0) is 19.1. The molecule has 0 radical (unpaired) electrons. The Kier molecular flexibility index (Phi) is 6.74. The minimum atomic E-state index is -0.792. The van der Waals surface area contributed by atoms with Crippen molar-refractivity contribution in [2.45, 2.75) is 11.8 Å². The molecule has 0 aromatic heterocycles. The first-order chi connectivity index (χ1) is 12.5. The summed E-state index contributed by atoms with van der Waals surface area (Å²) >= 11 is 1.21. The molecule has 0 saturated heterocycles. The highest BCUT2D eigenvalue weighted by Crippen LogP contribution is 2.28. The molecule has 0 heterocycles. The van der Waals surface area contributed by atoms with Gasteiger partial charge < -0.3 is 9.47 Å². The molecular weight excluding hydrogens is 358 g/mol. The number of carbonyl (C=O) groups is 2. The van der Waals surface area contributed by atoms with Gasteiger partial charge in [0.15, 0.2) is 12.4 Å². The second-order valence-electron chi connectivity index (χ2n) is 5.10. The molecule has 0 bridgehead atoms. The van der Waals surface area contributed by atoms with Gasteiger partial charge in [0.2, 0.25) is 0 Å². The fourth-order valence-corrected chi connectivity index (χ4v) is 2.71. The number of ketones is 1. The molecule has 0 fully saturated rings. The lowest BCUT2D eigenvalue weighted by Crippen LogP contribution is -2.14. The van der Waals surface area contributed by atoms with E-state index < -0.39 is 17.5 Å². The number of thioether (sulfide) groups is 1. The molecule has 7 nitrogen and oxygen atoms in total. The summed E-state index contributed by atoms with van der Waals surface area (Å²) in [4.78, 5) is 35.1. The van der Waals surface area contributed by atoms with Gasteiger partial charge >= 0.3 is 5.97 Å². The molecular formula is C18H17NO6S. The second kappa shape index (κ2) is 9.00. The van der Waals surface area contributed by atoms with Gasteiger partial charge in [0, 0.05) is 11.6 Å². The van der Waals surface area contributed by atoms with Gasteiger partial charge in [-0.05, 0) is 49.6 Å². The number of hydrogen-bond acceptors (Lipinski definition) is 7. The highest BCUT2D eigenvalue weighted by atomic mass is 32.2. The fourth-order valence-electron chi connectivity index (χ4n) is 2.16. The molecule has 136 valence electrons. The largest absolute Gasteiger partial charge is 0.494 e. The number of nitro groups is 1. The topological polar surface area (TPSA) is 95.7 Å². The Balaban J connectivity index is 2.02. The minimum Gasteiger partial charge on any atom is -0.494 e. The number of nitrogens with zero attached hydrogens (tertiary/aromatic N) is 1. The number of rotatable bonds is 8. The zero-order valence-electron chi connectivity index (χ0n) is 14.3. The predicted octanol–water partition coefficient (Wildman–Crippen LogP) is 3.76. The van der Waals surface area contributed by atoms with Crippen LogP contribution < -0.4 is 4.74 Å². The smallest absolute Gasteiger partial charge is 0.338 e. The molecule has 2 rings (SSSR count). The predicted molar refractivity (Wildman–Crippen MR) is 97.1 cm³/mol. The van der Waals surface area contributed by atoms with Gasteiger partial charge in [0.25, 0.3) is 5.69 Å². The third kappa shape index (κ3) is 4.82. The average molecular weight is 375 g/mol. The van der Waals surface area contributed by atoms with E-state index in [1.807, 2.05) is 6.92 Å². The summed E-state index contributed by atoms with van der Waals surface area (Å²) in [5.74, 6) is -0.529. The van der Waals surface area contributed by atoms with E-state index in [1.165, 1.54) is 23.9 Å². The van der Waals surface area contributed by atoms with Gasteiger partial charge in [-0.25, -0.2) is 4.79 Å². The maximum absolute atomic E-state index is 12.1. The van der Waals surface area contributed by atoms with E-state index in [4.69, 9.17) is 9.47 Å². The third-order valence-corrected chi connectivity index (χ3v) is 4.22. The van der Waals surface area contributed by atoms with Crippen LogP contribution >= 0.6 is 11.8 Å². The molecule has 0 unspecified atom stereocenters. The number of ether oxygens (including phenoxy) is 2. The standard InChI is InChI=1S/C18H17NO6S/c1-3-24-14-7-4-12(5-8-14)16(20)11-25-18(21)13-6-9-17(26-2)15(10-13)19(22)23/h4-10H,3,11H2,1-2H3. The van der Waals surface area contributed by atoms with Crippen molar-refractivity contribution in [1.82, 2.24) is 0 Å². The molecule has 0 N–H and O–H groups in total. The lowest BCUT2D eigenvalue weighted by atomic mass is 10.1. The lowest BCUT2D eigenvalue weighted by molar-refractivity contribution is -0.387. The fraction of sp³-hybridized carbons (Fsp3) is 0.222. The Morgan fingerprint density at radius 3 is 2.35 bits per heavy atom. The number of nitro benzene ring substituents is 1. The van der Waals surface area contributed by atoms with E-state index in [1.54, 1.807) is 30.5 Å². The summed E-state index contributed by atoms with van der Waals surface area (Å²) in [6.45, 7) is 1.92. The Morgan fingerprint density at radius 2 is 1.77 bits per heavy atom. The molecule has 8 heteroatoms. The van der Waals surface area contributed by atoms with Crippen LogP contribution in [0.1, 0.15) is 27.6 Å². The molecule has 0 amide bonds. The van der Waals surface area contributed by atoms with Crippen LogP contribution in [0.5, 0.6) is 5.75 Å². The van der Waals surface area contributed by atoms with Crippen molar-refractivity contribution in [2.24, 2.45) is 0 Å². The van der Waals surface area contributed by atoms with Crippen molar-refractivity contribution in [1.29, 1.82) is 0 Å². The van der Waals surface area contributed by atoms with Crippen molar-refractivity contribution < 1.29 is 24.0 Å². The maximum atomic E-state index is 12.1. The quantitative estimate of drug-likeness (QED) is 0.228. The number of Topliss-reactive ketones (excluding diaryl/α,β-unsaturated/α-hetero) is 1. The Bertz CT molecular complexity index is 819. The van der Waals surface area contributed by atoms with Crippen molar-refractivity contribution in [3.05, 3.63) is 63.7 Å². The highest BCUT2D eigenvalue weighted by Gasteiger charge is 2.18. The van der Waals surface area contributed by atoms with Crippen LogP contribution in [0.2, 0.25) is 0 Å².